The molecule has 0 saturated heterocycles. The van der Waals surface area contributed by atoms with Crippen molar-refractivity contribution in [3.05, 3.63) is 107 Å². The summed E-state index contributed by atoms with van der Waals surface area (Å²) in [4.78, 5) is 0. The van der Waals surface area contributed by atoms with Gasteiger partial charge in [-0.15, -0.1) is 0 Å². The number of hydrogen-bond donors (Lipinski definition) is 0. The van der Waals surface area contributed by atoms with Gasteiger partial charge in [0.1, 0.15) is 11.6 Å². The standard InChI is InChI=1S/C20H16F2/c21-18-8-4-7-16(9-12-18)20(15-5-2-1-3-6-15)17-10-13-19(22)14-11-17/h1-6,8-14,20H,7H2. The van der Waals surface area contributed by atoms with Crippen LogP contribution in [-0.2, 0) is 0 Å². The Balaban J connectivity index is 2.07. The van der Waals surface area contributed by atoms with Gasteiger partial charge in [0.25, 0.3) is 0 Å². The molecule has 0 amide bonds. The van der Waals surface area contributed by atoms with Crippen molar-refractivity contribution >= 4 is 0 Å². The Morgan fingerprint density at radius 1 is 0.773 bits per heavy atom. The van der Waals surface area contributed by atoms with Crippen molar-refractivity contribution in [3.63, 3.8) is 0 Å². The van der Waals surface area contributed by atoms with E-state index in [4.69, 9.17) is 0 Å². The van der Waals surface area contributed by atoms with Gasteiger partial charge in [0.2, 0.25) is 0 Å². The van der Waals surface area contributed by atoms with Gasteiger partial charge in [-0.3, -0.25) is 0 Å². The smallest absolute Gasteiger partial charge is 0.123 e. The van der Waals surface area contributed by atoms with E-state index in [1.165, 1.54) is 24.3 Å². The lowest BCUT2D eigenvalue weighted by molar-refractivity contribution is 0.626. The molecule has 3 rings (SSSR count). The predicted octanol–water partition coefficient (Wildman–Crippen LogP) is 5.70. The number of rotatable bonds is 3. The van der Waals surface area contributed by atoms with Crippen molar-refractivity contribution in [2.24, 2.45) is 0 Å². The van der Waals surface area contributed by atoms with Crippen LogP contribution in [0.1, 0.15) is 23.5 Å². The van der Waals surface area contributed by atoms with Crippen LogP contribution in [-0.4, -0.2) is 0 Å². The Morgan fingerprint density at radius 2 is 1.45 bits per heavy atom. The molecule has 22 heavy (non-hydrogen) atoms. The lowest BCUT2D eigenvalue weighted by Gasteiger charge is -2.21. The van der Waals surface area contributed by atoms with Gasteiger partial charge in [0.15, 0.2) is 0 Å². The van der Waals surface area contributed by atoms with Gasteiger partial charge >= 0.3 is 0 Å². The summed E-state index contributed by atoms with van der Waals surface area (Å²) in [7, 11) is 0. The Labute approximate surface area is 129 Å². The van der Waals surface area contributed by atoms with Crippen LogP contribution in [0, 0.1) is 5.82 Å². The van der Waals surface area contributed by atoms with Crippen LogP contribution in [0.4, 0.5) is 8.78 Å². The molecular weight excluding hydrogens is 278 g/mol. The fourth-order valence-corrected chi connectivity index (χ4v) is 2.75. The highest BCUT2D eigenvalue weighted by atomic mass is 19.1. The average molecular weight is 294 g/mol. The summed E-state index contributed by atoms with van der Waals surface area (Å²) in [5.41, 5.74) is 3.20. The average Bonchev–Trinajstić information content (AvgIpc) is 2.76. The number of halogens is 2. The van der Waals surface area contributed by atoms with E-state index >= 15 is 0 Å². The van der Waals surface area contributed by atoms with Crippen molar-refractivity contribution in [1.29, 1.82) is 0 Å². The van der Waals surface area contributed by atoms with Gasteiger partial charge < -0.3 is 0 Å². The highest BCUT2D eigenvalue weighted by molar-refractivity contribution is 5.44. The zero-order valence-corrected chi connectivity index (χ0v) is 12.0. The molecular formula is C20H16F2. The van der Waals surface area contributed by atoms with Gasteiger partial charge in [-0.1, -0.05) is 60.2 Å². The third kappa shape index (κ3) is 3.22. The summed E-state index contributed by atoms with van der Waals surface area (Å²) in [5.74, 6) is -0.509. The molecule has 110 valence electrons. The molecule has 0 N–H and O–H groups in total. The number of allylic oxidation sites excluding steroid dienone is 6. The molecule has 2 aromatic rings. The maximum Gasteiger partial charge on any atom is 0.123 e. The van der Waals surface area contributed by atoms with E-state index < -0.39 is 0 Å². The highest BCUT2D eigenvalue weighted by Crippen LogP contribution is 2.35. The first-order valence-electron chi connectivity index (χ1n) is 7.27. The molecule has 0 bridgehead atoms. The minimum absolute atomic E-state index is 0.00593. The van der Waals surface area contributed by atoms with Gasteiger partial charge in [-0.25, -0.2) is 8.78 Å². The summed E-state index contributed by atoms with van der Waals surface area (Å²) in [6.07, 6.45) is 7.29. The summed E-state index contributed by atoms with van der Waals surface area (Å²) >= 11 is 0. The molecule has 0 fully saturated rings. The highest BCUT2D eigenvalue weighted by Gasteiger charge is 2.18. The van der Waals surface area contributed by atoms with Crippen LogP contribution >= 0.6 is 0 Å². The second kappa shape index (κ2) is 6.52. The molecule has 0 spiro atoms. The zero-order valence-electron chi connectivity index (χ0n) is 12.0. The van der Waals surface area contributed by atoms with Crippen molar-refractivity contribution in [2.45, 2.75) is 12.3 Å². The lowest BCUT2D eigenvalue weighted by atomic mass is 9.83. The second-order valence-electron chi connectivity index (χ2n) is 5.29. The van der Waals surface area contributed by atoms with E-state index in [9.17, 15) is 8.78 Å². The monoisotopic (exact) mass is 294 g/mol. The van der Waals surface area contributed by atoms with E-state index in [0.717, 1.165) is 16.7 Å². The molecule has 0 radical (unpaired) electrons. The molecule has 1 aliphatic rings. The van der Waals surface area contributed by atoms with E-state index in [1.807, 2.05) is 42.5 Å². The van der Waals surface area contributed by atoms with E-state index in [2.05, 4.69) is 0 Å². The second-order valence-corrected chi connectivity index (χ2v) is 5.29. The molecule has 1 unspecified atom stereocenters. The van der Waals surface area contributed by atoms with Gasteiger partial charge in [-0.05, 0) is 41.8 Å². The Kier molecular flexibility index (Phi) is 4.29. The first-order valence-corrected chi connectivity index (χ1v) is 7.27. The molecule has 1 atom stereocenters. The normalized spacial score (nSPS) is 15.7. The minimum atomic E-state index is -0.253. The largest absolute Gasteiger partial charge is 0.207 e. The van der Waals surface area contributed by atoms with E-state index in [0.29, 0.717) is 6.42 Å². The molecule has 0 aliphatic heterocycles. The van der Waals surface area contributed by atoms with Crippen LogP contribution in [0.15, 0.2) is 90.3 Å². The van der Waals surface area contributed by atoms with E-state index in [1.54, 1.807) is 12.1 Å². The fraction of sp³-hybridized carbons (Fsp3) is 0.100. The van der Waals surface area contributed by atoms with Crippen molar-refractivity contribution in [3.8, 4) is 0 Å². The predicted molar refractivity (Wildman–Crippen MR) is 85.7 cm³/mol. The fourth-order valence-electron chi connectivity index (χ4n) is 2.75. The van der Waals surface area contributed by atoms with Gasteiger partial charge in [0, 0.05) is 5.92 Å². The zero-order chi connectivity index (χ0) is 15.4. The molecule has 0 saturated carbocycles. The van der Waals surface area contributed by atoms with Gasteiger partial charge in [-0.2, -0.15) is 0 Å². The third-order valence-electron chi connectivity index (χ3n) is 3.79. The number of hydrogen-bond acceptors (Lipinski definition) is 0. The molecule has 2 heteroatoms. The van der Waals surface area contributed by atoms with Gasteiger partial charge in [0.05, 0.1) is 0 Å². The van der Waals surface area contributed by atoms with Crippen molar-refractivity contribution < 1.29 is 8.78 Å². The maximum atomic E-state index is 13.4. The summed E-state index contributed by atoms with van der Waals surface area (Å²) in [6.45, 7) is 0. The first-order chi connectivity index (χ1) is 10.7. The van der Waals surface area contributed by atoms with Crippen LogP contribution in [0.3, 0.4) is 0 Å². The minimum Gasteiger partial charge on any atom is -0.207 e. The topological polar surface area (TPSA) is 0 Å². The quantitative estimate of drug-likeness (QED) is 0.681. The SMILES string of the molecule is FC1=CC=C(C(c2ccccc2)c2ccc(F)cc2)CC=C1. The third-order valence-corrected chi connectivity index (χ3v) is 3.79. The van der Waals surface area contributed by atoms with Crippen LogP contribution in [0.5, 0.6) is 0 Å². The maximum absolute atomic E-state index is 13.4. The van der Waals surface area contributed by atoms with Crippen LogP contribution in [0.25, 0.3) is 0 Å². The summed E-state index contributed by atoms with van der Waals surface area (Å²) < 4.78 is 26.6. The summed E-state index contributed by atoms with van der Waals surface area (Å²) in [6, 6.07) is 16.5. The molecule has 0 heterocycles. The molecule has 1 aliphatic carbocycles. The number of benzene rings is 2. The lowest BCUT2D eigenvalue weighted by Crippen LogP contribution is -2.04. The van der Waals surface area contributed by atoms with E-state index in [-0.39, 0.29) is 17.6 Å². The van der Waals surface area contributed by atoms with Crippen molar-refractivity contribution in [1.82, 2.24) is 0 Å². The Morgan fingerprint density at radius 3 is 2.18 bits per heavy atom. The van der Waals surface area contributed by atoms with Crippen LogP contribution < -0.4 is 0 Å². The molecule has 0 nitrogen and oxygen atoms in total. The summed E-state index contributed by atoms with van der Waals surface area (Å²) in [5, 5.41) is 0. The molecule has 0 aromatic heterocycles. The first kappa shape index (κ1) is 14.5. The van der Waals surface area contributed by atoms with Crippen LogP contribution in [0.2, 0.25) is 0 Å². The van der Waals surface area contributed by atoms with Crippen molar-refractivity contribution in [2.75, 3.05) is 0 Å². The molecule has 2 aromatic carbocycles. The Bertz CT molecular complexity index is 722. The Hall–Kier alpha value is -2.48.